The molecule has 3 heterocycles. The van der Waals surface area contributed by atoms with E-state index < -0.39 is 10.0 Å². The lowest BCUT2D eigenvalue weighted by Gasteiger charge is -2.22. The Kier molecular flexibility index (Phi) is 7.35. The van der Waals surface area contributed by atoms with E-state index in [-0.39, 0.29) is 28.4 Å². The fourth-order valence-electron chi connectivity index (χ4n) is 4.01. The molecule has 0 radical (unpaired) electrons. The van der Waals surface area contributed by atoms with Crippen molar-refractivity contribution >= 4 is 33.6 Å². The maximum atomic E-state index is 12.4. The minimum Gasteiger partial charge on any atom is -0.472 e. The van der Waals surface area contributed by atoms with Gasteiger partial charge in [-0.2, -0.15) is 0 Å². The molecule has 180 valence electrons. The average Bonchev–Trinajstić information content (AvgIpc) is 3.27. The number of carbonyl (C=O) groups is 1. The number of ether oxygens (including phenoxy) is 1. The summed E-state index contributed by atoms with van der Waals surface area (Å²) in [7, 11) is -3.52. The van der Waals surface area contributed by atoms with E-state index >= 15 is 0 Å². The molecule has 1 fully saturated rings. The molecule has 0 aliphatic carbocycles. The van der Waals surface area contributed by atoms with Crippen molar-refractivity contribution in [2.45, 2.75) is 37.7 Å². The van der Waals surface area contributed by atoms with E-state index in [1.54, 1.807) is 30.6 Å². The van der Waals surface area contributed by atoms with Crippen molar-refractivity contribution in [2.75, 3.05) is 26.2 Å². The number of carbonyl (C=O) groups excluding carboxylic acids is 1. The molecule has 1 aromatic carbocycles. The number of halogens is 1. The number of hydrogen-bond donors (Lipinski definition) is 1. The van der Waals surface area contributed by atoms with Crippen molar-refractivity contribution in [3.63, 3.8) is 0 Å². The number of nitrogens with one attached hydrogen (secondary N) is 1. The van der Waals surface area contributed by atoms with Crippen molar-refractivity contribution in [3.05, 3.63) is 52.8 Å². The number of nitrogens with zero attached hydrogens (tertiary/aromatic N) is 3. The van der Waals surface area contributed by atoms with Crippen molar-refractivity contribution in [1.82, 2.24) is 14.6 Å². The second-order valence-corrected chi connectivity index (χ2v) is 10.5. The molecule has 0 saturated carbocycles. The van der Waals surface area contributed by atoms with Gasteiger partial charge >= 0.3 is 0 Å². The first-order valence-corrected chi connectivity index (χ1v) is 13.1. The van der Waals surface area contributed by atoms with Crippen LogP contribution in [0.15, 0.2) is 57.1 Å². The number of hydrogen-bond acceptors (Lipinski definition) is 7. The summed E-state index contributed by atoms with van der Waals surface area (Å²) in [6.45, 7) is 5.58. The molecular formula is C24H27ClN4O4S. The van der Waals surface area contributed by atoms with Gasteiger partial charge in [0.05, 0.1) is 17.1 Å². The van der Waals surface area contributed by atoms with Crippen LogP contribution in [0.25, 0.3) is 11.1 Å². The van der Waals surface area contributed by atoms with Gasteiger partial charge < -0.3 is 9.64 Å². The second-order valence-electron chi connectivity index (χ2n) is 8.32. The average molecular weight is 503 g/mol. The van der Waals surface area contributed by atoms with Gasteiger partial charge in [-0.05, 0) is 48.2 Å². The second kappa shape index (κ2) is 10.2. The van der Waals surface area contributed by atoms with Gasteiger partial charge in [-0.25, -0.2) is 18.1 Å². The lowest BCUT2D eigenvalue weighted by atomic mass is 10.0. The molecule has 1 saturated heterocycles. The summed E-state index contributed by atoms with van der Waals surface area (Å²) >= 11 is 6.19. The van der Waals surface area contributed by atoms with Gasteiger partial charge in [-0.1, -0.05) is 24.6 Å². The Morgan fingerprint density at radius 2 is 2.09 bits per heavy atom. The van der Waals surface area contributed by atoms with Crippen molar-refractivity contribution in [2.24, 2.45) is 4.99 Å². The van der Waals surface area contributed by atoms with E-state index in [9.17, 15) is 13.2 Å². The summed E-state index contributed by atoms with van der Waals surface area (Å²) in [5, 5.41) is 0.224. The van der Waals surface area contributed by atoms with Crippen LogP contribution in [-0.2, 0) is 14.8 Å². The zero-order chi connectivity index (χ0) is 24.3. The monoisotopic (exact) mass is 502 g/mol. The minimum absolute atomic E-state index is 0.0917. The van der Waals surface area contributed by atoms with Crippen LogP contribution >= 0.6 is 11.6 Å². The molecule has 1 N–H and O–H groups in total. The smallest absolute Gasteiger partial charge is 0.240 e. The first kappa shape index (κ1) is 24.4. The molecule has 34 heavy (non-hydrogen) atoms. The Morgan fingerprint density at radius 1 is 1.26 bits per heavy atom. The Morgan fingerprint density at radius 3 is 2.85 bits per heavy atom. The van der Waals surface area contributed by atoms with E-state index in [0.717, 1.165) is 29.5 Å². The topological polar surface area (TPSA) is 101 Å². The molecule has 0 spiro atoms. The van der Waals surface area contributed by atoms with Gasteiger partial charge in [0.1, 0.15) is 17.7 Å². The molecule has 4 rings (SSSR count). The summed E-state index contributed by atoms with van der Waals surface area (Å²) in [4.78, 5) is 22.5. The van der Waals surface area contributed by atoms with Gasteiger partial charge in [-0.3, -0.25) is 9.79 Å². The molecule has 8 nitrogen and oxygen atoms in total. The molecule has 0 amide bonds. The highest BCUT2D eigenvalue weighted by Crippen LogP contribution is 2.29. The van der Waals surface area contributed by atoms with Crippen LogP contribution in [0.3, 0.4) is 0 Å². The molecule has 2 aliphatic heterocycles. The number of aromatic nitrogens is 1. The highest BCUT2D eigenvalue weighted by Gasteiger charge is 2.29. The number of dihydropyridines is 1. The highest BCUT2D eigenvalue weighted by molar-refractivity contribution is 7.89. The van der Waals surface area contributed by atoms with Crippen molar-refractivity contribution in [1.29, 1.82) is 0 Å². The Balaban J connectivity index is 1.47. The Labute approximate surface area is 204 Å². The highest BCUT2D eigenvalue weighted by atomic mass is 35.5. The van der Waals surface area contributed by atoms with E-state index in [1.165, 1.54) is 0 Å². The van der Waals surface area contributed by atoms with Crippen LogP contribution in [0.1, 0.15) is 25.3 Å². The number of pyridine rings is 1. The standard InChI is InChI=1S/C24H27ClN4O4S/c1-3-8-28-34(31,32)19-4-5-20(16(2)11-19)17-6-9-27-23(12-17)33-18-7-10-29(15-18)21-13-26-14-22(30)24(21)25/h4-6,9,11-13,18,28H,3,7-8,10,14-15H2,1-2H3/t18-/m1/s1. The van der Waals surface area contributed by atoms with Crippen LogP contribution in [0.4, 0.5) is 0 Å². The lowest BCUT2D eigenvalue weighted by Crippen LogP contribution is -2.28. The Hall–Kier alpha value is -2.75. The maximum Gasteiger partial charge on any atom is 0.240 e. The summed E-state index contributed by atoms with van der Waals surface area (Å²) in [5.74, 6) is 0.312. The van der Waals surface area contributed by atoms with E-state index in [0.29, 0.717) is 31.2 Å². The van der Waals surface area contributed by atoms with Gasteiger partial charge in [0.15, 0.2) is 5.78 Å². The number of rotatable bonds is 8. The number of aryl methyl sites for hydroxylation is 1. The van der Waals surface area contributed by atoms with E-state index in [4.69, 9.17) is 16.3 Å². The SMILES string of the molecule is CCCNS(=O)(=O)c1ccc(-c2ccnc(O[C@@H]3CCN(C4=C(Cl)C(=O)CN=C4)C3)c2)c(C)c1. The normalized spacial score (nSPS) is 18.6. The number of ketones is 1. The molecule has 0 unspecified atom stereocenters. The number of allylic oxidation sites excluding steroid dienone is 1. The summed E-state index contributed by atoms with van der Waals surface area (Å²) in [6.07, 6.45) is 4.71. The first-order chi connectivity index (χ1) is 16.3. The Bertz CT molecular complexity index is 1260. The lowest BCUT2D eigenvalue weighted by molar-refractivity contribution is -0.113. The number of likely N-dealkylation sites (tertiary alicyclic amines) is 1. The van der Waals surface area contributed by atoms with Crippen LogP contribution < -0.4 is 9.46 Å². The van der Waals surface area contributed by atoms with Crippen molar-refractivity contribution in [3.8, 4) is 17.0 Å². The largest absolute Gasteiger partial charge is 0.472 e. The van der Waals surface area contributed by atoms with Crippen LogP contribution in [0, 0.1) is 6.92 Å². The van der Waals surface area contributed by atoms with Crippen molar-refractivity contribution < 1.29 is 17.9 Å². The molecule has 0 bridgehead atoms. The zero-order valence-electron chi connectivity index (χ0n) is 19.1. The number of sulfonamides is 1. The van der Waals surface area contributed by atoms with E-state index in [1.807, 2.05) is 30.9 Å². The molecule has 2 aromatic rings. The fraction of sp³-hybridized carbons (Fsp3) is 0.375. The zero-order valence-corrected chi connectivity index (χ0v) is 20.7. The summed E-state index contributed by atoms with van der Waals surface area (Å²) in [6, 6.07) is 8.81. The van der Waals surface area contributed by atoms with Gasteiger partial charge in [-0.15, -0.1) is 0 Å². The molecule has 1 aromatic heterocycles. The summed E-state index contributed by atoms with van der Waals surface area (Å²) < 4.78 is 33.6. The number of Topliss-reactive ketones (excluding diaryl/α,β-unsaturated/α-hetero) is 1. The quantitative estimate of drug-likeness (QED) is 0.594. The maximum absolute atomic E-state index is 12.4. The third-order valence-corrected chi connectivity index (χ3v) is 7.65. The third kappa shape index (κ3) is 5.32. The van der Waals surface area contributed by atoms with Crippen LogP contribution in [0.2, 0.25) is 0 Å². The molecule has 10 heteroatoms. The minimum atomic E-state index is -3.52. The first-order valence-electron chi connectivity index (χ1n) is 11.2. The van der Waals surface area contributed by atoms with Gasteiger partial charge in [0.2, 0.25) is 15.9 Å². The van der Waals surface area contributed by atoms with Crippen LogP contribution in [0.5, 0.6) is 5.88 Å². The fourth-order valence-corrected chi connectivity index (χ4v) is 5.45. The molecule has 1 atom stereocenters. The van der Waals surface area contributed by atoms with Gasteiger partial charge in [0.25, 0.3) is 0 Å². The van der Waals surface area contributed by atoms with Crippen LogP contribution in [-0.4, -0.2) is 62.6 Å². The predicted octanol–water partition coefficient (Wildman–Crippen LogP) is 3.30. The molecule has 2 aliphatic rings. The predicted molar refractivity (Wildman–Crippen MR) is 132 cm³/mol. The molecular weight excluding hydrogens is 476 g/mol. The van der Waals surface area contributed by atoms with E-state index in [2.05, 4.69) is 14.7 Å². The number of benzene rings is 1. The number of aliphatic imine (C=N–C) groups is 1. The van der Waals surface area contributed by atoms with Gasteiger partial charge in [0, 0.05) is 38.0 Å². The summed E-state index contributed by atoms with van der Waals surface area (Å²) in [5.41, 5.74) is 3.28. The third-order valence-electron chi connectivity index (χ3n) is 5.79.